The van der Waals surface area contributed by atoms with Gasteiger partial charge in [0.15, 0.2) is 0 Å². The monoisotopic (exact) mass is 161 g/mol. The van der Waals surface area contributed by atoms with Crippen molar-refractivity contribution in [3.05, 3.63) is 34.9 Å². The van der Waals surface area contributed by atoms with Gasteiger partial charge in [-0.3, -0.25) is 0 Å². The Morgan fingerprint density at radius 1 is 1.33 bits per heavy atom. The molecule has 2 rings (SSSR count). The van der Waals surface area contributed by atoms with Crippen molar-refractivity contribution in [2.75, 3.05) is 0 Å². The molecule has 1 heterocycles. The van der Waals surface area contributed by atoms with Gasteiger partial charge in [0.2, 0.25) is 0 Å². The van der Waals surface area contributed by atoms with Crippen LogP contribution in [0.5, 0.6) is 0 Å². The highest BCUT2D eigenvalue weighted by Gasteiger charge is 2.28. The fourth-order valence-electron chi connectivity index (χ4n) is 1.89. The van der Waals surface area contributed by atoms with Crippen molar-refractivity contribution in [1.29, 1.82) is 0 Å². The third-order valence-corrected chi connectivity index (χ3v) is 2.65. The second kappa shape index (κ2) is 2.33. The van der Waals surface area contributed by atoms with Crippen LogP contribution >= 0.6 is 0 Å². The van der Waals surface area contributed by atoms with Crippen LogP contribution in [0.3, 0.4) is 0 Å². The molecule has 0 aromatic heterocycles. The highest BCUT2D eigenvalue weighted by Crippen LogP contribution is 2.30. The first kappa shape index (κ1) is 7.81. The number of benzene rings is 1. The predicted octanol–water partition coefficient (Wildman–Crippen LogP) is 2.33. The zero-order valence-electron chi connectivity index (χ0n) is 7.94. The molecule has 0 aliphatic carbocycles. The molecule has 0 bridgehead atoms. The van der Waals surface area contributed by atoms with Gasteiger partial charge in [-0.05, 0) is 31.9 Å². The minimum absolute atomic E-state index is 0.170. The number of rotatable bonds is 0. The van der Waals surface area contributed by atoms with E-state index in [1.807, 2.05) is 0 Å². The van der Waals surface area contributed by atoms with E-state index < -0.39 is 0 Å². The van der Waals surface area contributed by atoms with E-state index in [2.05, 4.69) is 44.3 Å². The molecule has 0 amide bonds. The van der Waals surface area contributed by atoms with Crippen molar-refractivity contribution in [3.63, 3.8) is 0 Å². The number of fused-ring (bicyclic) bond motifs is 1. The quantitative estimate of drug-likeness (QED) is 0.615. The summed E-state index contributed by atoms with van der Waals surface area (Å²) in [7, 11) is 0. The number of aryl methyl sites for hydroxylation is 1. The van der Waals surface area contributed by atoms with E-state index in [4.69, 9.17) is 0 Å². The summed E-state index contributed by atoms with van der Waals surface area (Å²) in [4.78, 5) is 0. The Hall–Kier alpha value is -0.820. The van der Waals surface area contributed by atoms with Crippen LogP contribution in [-0.4, -0.2) is 0 Å². The summed E-state index contributed by atoms with van der Waals surface area (Å²) in [5.74, 6) is 0. The summed E-state index contributed by atoms with van der Waals surface area (Å²) in [6, 6.07) is 6.70. The Morgan fingerprint density at radius 3 is 2.83 bits per heavy atom. The lowest BCUT2D eigenvalue weighted by Crippen LogP contribution is -2.28. The second-order valence-electron chi connectivity index (χ2n) is 4.14. The van der Waals surface area contributed by atoms with Gasteiger partial charge in [-0.1, -0.05) is 23.8 Å². The molecule has 0 radical (unpaired) electrons. The Morgan fingerprint density at radius 2 is 2.08 bits per heavy atom. The smallest absolute Gasteiger partial charge is 0.0383 e. The average Bonchev–Trinajstić information content (AvgIpc) is 2.27. The molecule has 0 fully saturated rings. The fraction of sp³-hybridized carbons (Fsp3) is 0.455. The molecular formula is C11H15N. The third kappa shape index (κ3) is 1.05. The van der Waals surface area contributed by atoms with Gasteiger partial charge in [0.05, 0.1) is 0 Å². The zero-order valence-corrected chi connectivity index (χ0v) is 7.94. The molecule has 1 aliphatic rings. The average molecular weight is 161 g/mol. The molecule has 0 saturated heterocycles. The summed E-state index contributed by atoms with van der Waals surface area (Å²) in [6.07, 6.45) is 0. The van der Waals surface area contributed by atoms with E-state index in [1.165, 1.54) is 16.7 Å². The van der Waals surface area contributed by atoms with Crippen molar-refractivity contribution in [3.8, 4) is 0 Å². The molecule has 1 heteroatoms. The second-order valence-corrected chi connectivity index (χ2v) is 4.14. The normalized spacial score (nSPS) is 19.2. The van der Waals surface area contributed by atoms with Crippen LogP contribution in [0.2, 0.25) is 0 Å². The molecule has 0 spiro atoms. The summed E-state index contributed by atoms with van der Waals surface area (Å²) in [5.41, 5.74) is 4.43. The molecule has 1 N–H and O–H groups in total. The largest absolute Gasteiger partial charge is 0.304 e. The van der Waals surface area contributed by atoms with Gasteiger partial charge >= 0.3 is 0 Å². The van der Waals surface area contributed by atoms with Crippen LogP contribution in [0.15, 0.2) is 18.2 Å². The summed E-state index contributed by atoms with van der Waals surface area (Å²) >= 11 is 0. The number of nitrogens with one attached hydrogen (secondary N) is 1. The van der Waals surface area contributed by atoms with E-state index in [1.54, 1.807) is 0 Å². The van der Waals surface area contributed by atoms with Crippen molar-refractivity contribution < 1.29 is 0 Å². The van der Waals surface area contributed by atoms with E-state index in [0.717, 1.165) is 6.54 Å². The maximum absolute atomic E-state index is 3.49. The standard InChI is InChI=1S/C11H15N/c1-8-4-5-10-9(6-8)7-12-11(10,2)3/h4-6,12H,7H2,1-3H3. The van der Waals surface area contributed by atoms with E-state index >= 15 is 0 Å². The maximum atomic E-state index is 3.49. The molecule has 0 saturated carbocycles. The Kier molecular flexibility index (Phi) is 1.52. The molecular weight excluding hydrogens is 146 g/mol. The zero-order chi connectivity index (χ0) is 8.77. The highest BCUT2D eigenvalue weighted by molar-refractivity contribution is 5.39. The SMILES string of the molecule is Cc1ccc2c(c1)CNC2(C)C. The first-order chi connectivity index (χ1) is 5.59. The Labute approximate surface area is 73.8 Å². The van der Waals surface area contributed by atoms with Crippen LogP contribution in [0, 0.1) is 6.92 Å². The molecule has 64 valence electrons. The summed E-state index contributed by atoms with van der Waals surface area (Å²) in [6.45, 7) is 7.62. The van der Waals surface area contributed by atoms with Crippen molar-refractivity contribution in [1.82, 2.24) is 5.32 Å². The van der Waals surface area contributed by atoms with Crippen LogP contribution in [0.1, 0.15) is 30.5 Å². The number of hydrogen-bond donors (Lipinski definition) is 1. The molecule has 12 heavy (non-hydrogen) atoms. The Balaban J connectivity index is 2.55. The van der Waals surface area contributed by atoms with Gasteiger partial charge in [0.25, 0.3) is 0 Å². The van der Waals surface area contributed by atoms with Crippen molar-refractivity contribution in [2.45, 2.75) is 32.9 Å². The van der Waals surface area contributed by atoms with Gasteiger partial charge < -0.3 is 5.32 Å². The van der Waals surface area contributed by atoms with E-state index in [-0.39, 0.29) is 5.54 Å². The third-order valence-electron chi connectivity index (χ3n) is 2.65. The fourth-order valence-corrected chi connectivity index (χ4v) is 1.89. The lowest BCUT2D eigenvalue weighted by Gasteiger charge is -2.19. The maximum Gasteiger partial charge on any atom is 0.0383 e. The number of hydrogen-bond acceptors (Lipinski definition) is 1. The summed E-state index contributed by atoms with van der Waals surface area (Å²) < 4.78 is 0. The van der Waals surface area contributed by atoms with Crippen LogP contribution < -0.4 is 5.32 Å². The molecule has 1 aromatic rings. The van der Waals surface area contributed by atoms with Gasteiger partial charge in [0.1, 0.15) is 0 Å². The topological polar surface area (TPSA) is 12.0 Å². The van der Waals surface area contributed by atoms with Crippen molar-refractivity contribution >= 4 is 0 Å². The van der Waals surface area contributed by atoms with E-state index in [0.29, 0.717) is 0 Å². The molecule has 0 unspecified atom stereocenters. The lowest BCUT2D eigenvalue weighted by atomic mass is 9.94. The lowest BCUT2D eigenvalue weighted by molar-refractivity contribution is 0.442. The van der Waals surface area contributed by atoms with Crippen molar-refractivity contribution in [2.24, 2.45) is 0 Å². The van der Waals surface area contributed by atoms with Gasteiger partial charge in [-0.2, -0.15) is 0 Å². The van der Waals surface area contributed by atoms with E-state index in [9.17, 15) is 0 Å². The first-order valence-electron chi connectivity index (χ1n) is 4.45. The first-order valence-corrected chi connectivity index (χ1v) is 4.45. The molecule has 0 atom stereocenters. The molecule has 1 aliphatic heterocycles. The predicted molar refractivity (Wildman–Crippen MR) is 51.0 cm³/mol. The minimum atomic E-state index is 0.170. The van der Waals surface area contributed by atoms with Crippen LogP contribution in [-0.2, 0) is 12.1 Å². The van der Waals surface area contributed by atoms with Gasteiger partial charge in [-0.15, -0.1) is 0 Å². The van der Waals surface area contributed by atoms with Crippen LogP contribution in [0.4, 0.5) is 0 Å². The molecule has 1 nitrogen and oxygen atoms in total. The Bertz CT molecular complexity index is 313. The molecule has 1 aromatic carbocycles. The van der Waals surface area contributed by atoms with Gasteiger partial charge in [0, 0.05) is 12.1 Å². The van der Waals surface area contributed by atoms with Crippen LogP contribution in [0.25, 0.3) is 0 Å². The van der Waals surface area contributed by atoms with Gasteiger partial charge in [-0.25, -0.2) is 0 Å². The summed E-state index contributed by atoms with van der Waals surface area (Å²) in [5, 5.41) is 3.49. The highest BCUT2D eigenvalue weighted by atomic mass is 15.0. The minimum Gasteiger partial charge on any atom is -0.304 e.